The molecule has 2 nitrogen and oxygen atoms in total. The van der Waals surface area contributed by atoms with Gasteiger partial charge in [-0.15, -0.1) is 0 Å². The van der Waals surface area contributed by atoms with Gasteiger partial charge < -0.3 is 0 Å². The van der Waals surface area contributed by atoms with E-state index in [0.29, 0.717) is 0 Å². The van der Waals surface area contributed by atoms with Crippen molar-refractivity contribution in [1.29, 1.82) is 0 Å². The van der Waals surface area contributed by atoms with Crippen molar-refractivity contribution < 1.29 is 0 Å². The Labute approximate surface area is 65.5 Å². The summed E-state index contributed by atoms with van der Waals surface area (Å²) in [7, 11) is 0. The topological polar surface area (TPSA) is 17.3 Å². The zero-order valence-corrected chi connectivity index (χ0v) is 6.49. The Morgan fingerprint density at radius 2 is 2.36 bits per heavy atom. The lowest BCUT2D eigenvalue weighted by molar-refractivity contribution is 0.938. The molecule has 0 spiro atoms. The van der Waals surface area contributed by atoms with Crippen LogP contribution in [-0.2, 0) is 6.42 Å². The molecule has 2 heteroatoms. The molecule has 0 radical (unpaired) electrons. The standard InChI is InChI=1S/C9H10N2/c1-2-8-5-7-11-9(8)4-3-6-10-11/h3-7H,2H2,1H3. The minimum Gasteiger partial charge on any atom is -0.241 e. The summed E-state index contributed by atoms with van der Waals surface area (Å²) in [5, 5.41) is 4.17. The summed E-state index contributed by atoms with van der Waals surface area (Å²) in [6.45, 7) is 2.16. The zero-order chi connectivity index (χ0) is 7.68. The van der Waals surface area contributed by atoms with Crippen LogP contribution in [0, 0.1) is 0 Å². The SMILES string of the molecule is CCc1ccn2ncccc12. The fourth-order valence-electron chi connectivity index (χ4n) is 1.30. The molecule has 56 valence electrons. The lowest BCUT2D eigenvalue weighted by Crippen LogP contribution is -1.87. The predicted octanol–water partition coefficient (Wildman–Crippen LogP) is 1.90. The summed E-state index contributed by atoms with van der Waals surface area (Å²) in [5.74, 6) is 0. The van der Waals surface area contributed by atoms with Crippen LogP contribution in [0.3, 0.4) is 0 Å². The molecule has 0 atom stereocenters. The quantitative estimate of drug-likeness (QED) is 0.600. The fourth-order valence-corrected chi connectivity index (χ4v) is 1.30. The molecule has 0 aliphatic rings. The van der Waals surface area contributed by atoms with Crippen LogP contribution in [0.15, 0.2) is 30.6 Å². The van der Waals surface area contributed by atoms with Crippen molar-refractivity contribution in [2.75, 3.05) is 0 Å². The Kier molecular flexibility index (Phi) is 1.39. The number of fused-ring (bicyclic) bond motifs is 1. The highest BCUT2D eigenvalue weighted by atomic mass is 15.2. The van der Waals surface area contributed by atoms with Crippen molar-refractivity contribution in [2.45, 2.75) is 13.3 Å². The molecular weight excluding hydrogens is 136 g/mol. The number of nitrogens with zero attached hydrogens (tertiary/aromatic N) is 2. The van der Waals surface area contributed by atoms with E-state index in [1.165, 1.54) is 11.1 Å². The first-order chi connectivity index (χ1) is 5.42. The molecule has 2 rings (SSSR count). The highest BCUT2D eigenvalue weighted by molar-refractivity contribution is 5.54. The molecule has 2 heterocycles. The Hall–Kier alpha value is -1.31. The van der Waals surface area contributed by atoms with Crippen LogP contribution in [0.4, 0.5) is 0 Å². The Bertz CT molecular complexity index is 362. The van der Waals surface area contributed by atoms with Gasteiger partial charge in [-0.05, 0) is 30.2 Å². The van der Waals surface area contributed by atoms with Gasteiger partial charge in [0.2, 0.25) is 0 Å². The summed E-state index contributed by atoms with van der Waals surface area (Å²) in [5.41, 5.74) is 2.58. The molecule has 0 bridgehead atoms. The van der Waals surface area contributed by atoms with Crippen LogP contribution in [0.1, 0.15) is 12.5 Å². The predicted molar refractivity (Wildman–Crippen MR) is 44.6 cm³/mol. The molecule has 0 aliphatic carbocycles. The monoisotopic (exact) mass is 146 g/mol. The lowest BCUT2D eigenvalue weighted by atomic mass is 10.2. The minimum atomic E-state index is 1.07. The largest absolute Gasteiger partial charge is 0.241 e. The molecule has 0 amide bonds. The second-order valence-electron chi connectivity index (χ2n) is 2.55. The molecule has 0 fully saturated rings. The van der Waals surface area contributed by atoms with Crippen molar-refractivity contribution in [3.63, 3.8) is 0 Å². The molecule has 0 saturated carbocycles. The van der Waals surface area contributed by atoms with Gasteiger partial charge in [0, 0.05) is 12.4 Å². The van der Waals surface area contributed by atoms with E-state index in [-0.39, 0.29) is 0 Å². The van der Waals surface area contributed by atoms with E-state index < -0.39 is 0 Å². The highest BCUT2D eigenvalue weighted by Crippen LogP contribution is 2.10. The van der Waals surface area contributed by atoms with Gasteiger partial charge in [0.15, 0.2) is 0 Å². The molecular formula is C9H10N2. The number of aromatic nitrogens is 2. The number of hydrogen-bond acceptors (Lipinski definition) is 1. The van der Waals surface area contributed by atoms with E-state index in [0.717, 1.165) is 6.42 Å². The van der Waals surface area contributed by atoms with Crippen LogP contribution >= 0.6 is 0 Å². The Morgan fingerprint density at radius 3 is 3.18 bits per heavy atom. The van der Waals surface area contributed by atoms with E-state index in [4.69, 9.17) is 0 Å². The van der Waals surface area contributed by atoms with Crippen LogP contribution in [0.25, 0.3) is 5.52 Å². The van der Waals surface area contributed by atoms with E-state index in [9.17, 15) is 0 Å². The second-order valence-corrected chi connectivity index (χ2v) is 2.55. The third-order valence-corrected chi connectivity index (χ3v) is 1.90. The van der Waals surface area contributed by atoms with E-state index in [1.807, 2.05) is 16.8 Å². The van der Waals surface area contributed by atoms with E-state index >= 15 is 0 Å². The van der Waals surface area contributed by atoms with Crippen LogP contribution in [-0.4, -0.2) is 9.61 Å². The molecule has 0 aromatic carbocycles. The fraction of sp³-hybridized carbons (Fsp3) is 0.222. The Morgan fingerprint density at radius 1 is 1.45 bits per heavy atom. The van der Waals surface area contributed by atoms with Gasteiger partial charge in [-0.3, -0.25) is 0 Å². The maximum Gasteiger partial charge on any atom is 0.0678 e. The number of rotatable bonds is 1. The summed E-state index contributed by atoms with van der Waals surface area (Å²) in [6.07, 6.45) is 4.86. The highest BCUT2D eigenvalue weighted by Gasteiger charge is 1.97. The average Bonchev–Trinajstić information content (AvgIpc) is 2.47. The lowest BCUT2D eigenvalue weighted by Gasteiger charge is -1.93. The van der Waals surface area contributed by atoms with Gasteiger partial charge in [0.25, 0.3) is 0 Å². The van der Waals surface area contributed by atoms with Gasteiger partial charge in [0.1, 0.15) is 0 Å². The second kappa shape index (κ2) is 2.38. The van der Waals surface area contributed by atoms with Crippen LogP contribution in [0.2, 0.25) is 0 Å². The van der Waals surface area contributed by atoms with E-state index in [2.05, 4.69) is 24.2 Å². The van der Waals surface area contributed by atoms with Gasteiger partial charge in [0.05, 0.1) is 5.52 Å². The summed E-state index contributed by atoms with van der Waals surface area (Å²) >= 11 is 0. The third-order valence-electron chi connectivity index (χ3n) is 1.90. The van der Waals surface area contributed by atoms with Crippen molar-refractivity contribution in [3.8, 4) is 0 Å². The zero-order valence-electron chi connectivity index (χ0n) is 6.49. The van der Waals surface area contributed by atoms with Gasteiger partial charge in [-0.1, -0.05) is 6.92 Å². The van der Waals surface area contributed by atoms with Gasteiger partial charge in [-0.2, -0.15) is 5.10 Å². The number of aryl methyl sites for hydroxylation is 1. The van der Waals surface area contributed by atoms with Gasteiger partial charge >= 0.3 is 0 Å². The van der Waals surface area contributed by atoms with Crippen molar-refractivity contribution in [3.05, 3.63) is 36.2 Å². The molecule has 11 heavy (non-hydrogen) atoms. The molecule has 0 unspecified atom stereocenters. The minimum absolute atomic E-state index is 1.07. The number of hydrogen-bond donors (Lipinski definition) is 0. The normalized spacial score (nSPS) is 10.6. The van der Waals surface area contributed by atoms with E-state index in [1.54, 1.807) is 6.20 Å². The van der Waals surface area contributed by atoms with Gasteiger partial charge in [-0.25, -0.2) is 4.52 Å². The molecule has 2 aromatic heterocycles. The molecule has 0 aliphatic heterocycles. The maximum absolute atomic E-state index is 4.17. The van der Waals surface area contributed by atoms with Crippen molar-refractivity contribution in [1.82, 2.24) is 9.61 Å². The maximum atomic E-state index is 4.17. The van der Waals surface area contributed by atoms with Crippen molar-refractivity contribution in [2.24, 2.45) is 0 Å². The Balaban J connectivity index is 2.76. The van der Waals surface area contributed by atoms with Crippen LogP contribution < -0.4 is 0 Å². The summed E-state index contributed by atoms with van der Waals surface area (Å²) in [6, 6.07) is 6.17. The first kappa shape index (κ1) is 6.40. The van der Waals surface area contributed by atoms with Crippen molar-refractivity contribution >= 4 is 5.52 Å². The molecule has 0 saturated heterocycles. The summed E-state index contributed by atoms with van der Waals surface area (Å²) < 4.78 is 1.90. The molecule has 0 N–H and O–H groups in total. The summed E-state index contributed by atoms with van der Waals surface area (Å²) in [4.78, 5) is 0. The first-order valence-electron chi connectivity index (χ1n) is 3.83. The first-order valence-corrected chi connectivity index (χ1v) is 3.83. The smallest absolute Gasteiger partial charge is 0.0678 e. The average molecular weight is 146 g/mol. The third kappa shape index (κ3) is 0.909. The molecule has 2 aromatic rings. The van der Waals surface area contributed by atoms with Crippen LogP contribution in [0.5, 0.6) is 0 Å².